The number of rotatable bonds is 5. The predicted molar refractivity (Wildman–Crippen MR) is 86.2 cm³/mol. The molecule has 0 fully saturated rings. The summed E-state index contributed by atoms with van der Waals surface area (Å²) in [6.45, 7) is 2.50. The van der Waals surface area contributed by atoms with Crippen molar-refractivity contribution in [1.82, 2.24) is 5.32 Å². The molecule has 0 unspecified atom stereocenters. The lowest BCUT2D eigenvalue weighted by molar-refractivity contribution is 0.601. The van der Waals surface area contributed by atoms with E-state index in [4.69, 9.17) is 11.6 Å². The van der Waals surface area contributed by atoms with Gasteiger partial charge in [0, 0.05) is 6.54 Å². The van der Waals surface area contributed by atoms with Crippen LogP contribution in [0.4, 0.5) is 5.69 Å². The average molecular weight is 325 g/mol. The summed E-state index contributed by atoms with van der Waals surface area (Å²) in [5.74, 6) is 0. The third kappa shape index (κ3) is 3.75. The molecule has 4 nitrogen and oxygen atoms in total. The second-order valence-corrected chi connectivity index (χ2v) is 6.80. The first-order chi connectivity index (χ1) is 9.94. The summed E-state index contributed by atoms with van der Waals surface area (Å²) in [7, 11) is -1.81. The Bertz CT molecular complexity index is 708. The van der Waals surface area contributed by atoms with Crippen molar-refractivity contribution in [1.29, 1.82) is 0 Å². The molecule has 21 heavy (non-hydrogen) atoms. The molecule has 0 heterocycles. The zero-order chi connectivity index (χ0) is 15.5. The van der Waals surface area contributed by atoms with Crippen LogP contribution in [-0.2, 0) is 16.6 Å². The van der Waals surface area contributed by atoms with E-state index in [9.17, 15) is 8.42 Å². The van der Waals surface area contributed by atoms with Gasteiger partial charge in [-0.2, -0.15) is 0 Å². The van der Waals surface area contributed by atoms with Crippen LogP contribution in [-0.4, -0.2) is 15.5 Å². The summed E-state index contributed by atoms with van der Waals surface area (Å²) in [6.07, 6.45) is 0. The highest BCUT2D eigenvalue weighted by atomic mass is 35.5. The molecule has 0 aromatic heterocycles. The number of hydrogen-bond donors (Lipinski definition) is 2. The van der Waals surface area contributed by atoms with E-state index < -0.39 is 10.0 Å². The second-order valence-electron chi connectivity index (χ2n) is 4.71. The van der Waals surface area contributed by atoms with Gasteiger partial charge in [-0.1, -0.05) is 35.9 Å². The molecule has 0 aliphatic carbocycles. The summed E-state index contributed by atoms with van der Waals surface area (Å²) < 4.78 is 27.3. The third-order valence-electron chi connectivity index (χ3n) is 3.07. The van der Waals surface area contributed by atoms with Gasteiger partial charge in [0.2, 0.25) is 0 Å². The van der Waals surface area contributed by atoms with Crippen LogP contribution in [0.2, 0.25) is 5.02 Å². The fraction of sp³-hybridized carbons (Fsp3) is 0.200. The maximum absolute atomic E-state index is 12.4. The van der Waals surface area contributed by atoms with Crippen molar-refractivity contribution in [2.45, 2.75) is 18.4 Å². The molecular formula is C15H17ClN2O2S. The highest BCUT2D eigenvalue weighted by molar-refractivity contribution is 7.92. The number of benzene rings is 2. The maximum atomic E-state index is 12.4. The van der Waals surface area contributed by atoms with Crippen molar-refractivity contribution in [3.8, 4) is 0 Å². The molecular weight excluding hydrogens is 308 g/mol. The second kappa shape index (κ2) is 6.47. The molecule has 112 valence electrons. The van der Waals surface area contributed by atoms with Gasteiger partial charge in [-0.25, -0.2) is 8.42 Å². The summed E-state index contributed by atoms with van der Waals surface area (Å²) in [6, 6.07) is 12.0. The van der Waals surface area contributed by atoms with Gasteiger partial charge in [0.1, 0.15) is 0 Å². The summed E-state index contributed by atoms with van der Waals surface area (Å²) in [5.41, 5.74) is 2.21. The van der Waals surface area contributed by atoms with Crippen LogP contribution in [0.3, 0.4) is 0 Å². The molecule has 0 spiro atoms. The van der Waals surface area contributed by atoms with Gasteiger partial charge in [0.25, 0.3) is 10.0 Å². The summed E-state index contributed by atoms with van der Waals surface area (Å²) in [5, 5.41) is 3.39. The Kier molecular flexibility index (Phi) is 4.88. The standard InChI is InChI=1S/C15H17ClN2O2S/c1-11-4-3-5-14(16)15(11)18-21(19,20)13-8-6-12(7-9-13)10-17-2/h3-9,17-18H,10H2,1-2H3. The average Bonchev–Trinajstić information content (AvgIpc) is 2.44. The number of anilines is 1. The third-order valence-corrected chi connectivity index (χ3v) is 4.75. The Morgan fingerprint density at radius 1 is 1.10 bits per heavy atom. The molecule has 0 aliphatic heterocycles. The number of sulfonamides is 1. The lowest BCUT2D eigenvalue weighted by Crippen LogP contribution is -2.14. The molecule has 0 saturated carbocycles. The monoisotopic (exact) mass is 324 g/mol. The van der Waals surface area contributed by atoms with E-state index in [1.807, 2.05) is 7.05 Å². The number of aryl methyl sites for hydroxylation is 1. The smallest absolute Gasteiger partial charge is 0.261 e. The largest absolute Gasteiger partial charge is 0.316 e. The molecule has 0 atom stereocenters. The van der Waals surface area contributed by atoms with Crippen LogP contribution in [0.5, 0.6) is 0 Å². The molecule has 0 saturated heterocycles. The van der Waals surface area contributed by atoms with Crippen molar-refractivity contribution < 1.29 is 8.42 Å². The lowest BCUT2D eigenvalue weighted by Gasteiger charge is -2.12. The van der Waals surface area contributed by atoms with Crippen LogP contribution in [0.1, 0.15) is 11.1 Å². The first kappa shape index (κ1) is 15.8. The Hall–Kier alpha value is -1.56. The van der Waals surface area contributed by atoms with Gasteiger partial charge in [-0.3, -0.25) is 4.72 Å². The van der Waals surface area contributed by atoms with Gasteiger partial charge in [-0.15, -0.1) is 0 Å². The minimum Gasteiger partial charge on any atom is -0.316 e. The number of halogens is 1. The normalized spacial score (nSPS) is 11.4. The molecule has 0 amide bonds. The number of hydrogen-bond acceptors (Lipinski definition) is 3. The highest BCUT2D eigenvalue weighted by Crippen LogP contribution is 2.27. The molecule has 0 bridgehead atoms. The summed E-state index contributed by atoms with van der Waals surface area (Å²) >= 11 is 6.05. The Labute approximate surface area is 130 Å². The van der Waals surface area contributed by atoms with Crippen LogP contribution >= 0.6 is 11.6 Å². The van der Waals surface area contributed by atoms with Gasteiger partial charge in [-0.05, 0) is 43.3 Å². The van der Waals surface area contributed by atoms with Gasteiger partial charge in [0.05, 0.1) is 15.6 Å². The van der Waals surface area contributed by atoms with Crippen LogP contribution in [0, 0.1) is 6.92 Å². The molecule has 0 aliphatic rings. The van der Waals surface area contributed by atoms with Crippen molar-refractivity contribution >= 4 is 27.3 Å². The van der Waals surface area contributed by atoms with Gasteiger partial charge in [0.15, 0.2) is 0 Å². The molecule has 0 radical (unpaired) electrons. The number of para-hydroxylation sites is 1. The van der Waals surface area contributed by atoms with E-state index in [-0.39, 0.29) is 4.90 Å². The molecule has 6 heteroatoms. The molecule has 2 aromatic carbocycles. The molecule has 2 aromatic rings. The Morgan fingerprint density at radius 3 is 2.33 bits per heavy atom. The van der Waals surface area contributed by atoms with Crippen LogP contribution < -0.4 is 10.0 Å². The van der Waals surface area contributed by atoms with E-state index >= 15 is 0 Å². The topological polar surface area (TPSA) is 58.2 Å². The van der Waals surface area contributed by atoms with Crippen LogP contribution in [0.15, 0.2) is 47.4 Å². The van der Waals surface area contributed by atoms with Crippen LogP contribution in [0.25, 0.3) is 0 Å². The van der Waals surface area contributed by atoms with E-state index in [2.05, 4.69) is 10.0 Å². The SMILES string of the molecule is CNCc1ccc(S(=O)(=O)Nc2c(C)cccc2Cl)cc1. The molecule has 2 N–H and O–H groups in total. The van der Waals surface area contributed by atoms with E-state index in [0.717, 1.165) is 11.1 Å². The minimum atomic E-state index is -3.64. The van der Waals surface area contributed by atoms with Crippen molar-refractivity contribution in [3.05, 3.63) is 58.6 Å². The van der Waals surface area contributed by atoms with E-state index in [1.54, 1.807) is 49.4 Å². The highest BCUT2D eigenvalue weighted by Gasteiger charge is 2.16. The zero-order valence-corrected chi connectivity index (χ0v) is 13.4. The van der Waals surface area contributed by atoms with E-state index in [0.29, 0.717) is 17.3 Å². The predicted octanol–water partition coefficient (Wildman–Crippen LogP) is 3.17. The van der Waals surface area contributed by atoms with Gasteiger partial charge < -0.3 is 5.32 Å². The first-order valence-electron chi connectivity index (χ1n) is 6.45. The quantitative estimate of drug-likeness (QED) is 0.888. The Balaban J connectivity index is 2.30. The van der Waals surface area contributed by atoms with Crippen molar-refractivity contribution in [3.63, 3.8) is 0 Å². The minimum absolute atomic E-state index is 0.210. The maximum Gasteiger partial charge on any atom is 0.261 e. The number of nitrogens with one attached hydrogen (secondary N) is 2. The lowest BCUT2D eigenvalue weighted by atomic mass is 10.2. The van der Waals surface area contributed by atoms with E-state index in [1.165, 1.54) is 0 Å². The summed E-state index contributed by atoms with van der Waals surface area (Å²) in [4.78, 5) is 0.210. The molecule has 2 rings (SSSR count). The first-order valence-corrected chi connectivity index (χ1v) is 8.31. The fourth-order valence-electron chi connectivity index (χ4n) is 1.95. The fourth-order valence-corrected chi connectivity index (χ4v) is 3.42. The zero-order valence-electron chi connectivity index (χ0n) is 11.9. The van der Waals surface area contributed by atoms with Crippen molar-refractivity contribution in [2.75, 3.05) is 11.8 Å². The Morgan fingerprint density at radius 2 is 1.76 bits per heavy atom. The van der Waals surface area contributed by atoms with Crippen molar-refractivity contribution in [2.24, 2.45) is 0 Å². The van der Waals surface area contributed by atoms with Gasteiger partial charge >= 0.3 is 0 Å².